The first-order valence-electron chi connectivity index (χ1n) is 6.52. The first-order chi connectivity index (χ1) is 10.5. The number of rotatable bonds is 3. The lowest BCUT2D eigenvalue weighted by molar-refractivity contribution is -0.118. The van der Waals surface area contributed by atoms with Crippen LogP contribution < -0.4 is 10.2 Å². The molecule has 1 N–H and O–H groups in total. The molecule has 2 heterocycles. The fourth-order valence-corrected chi connectivity index (χ4v) is 2.83. The molecule has 3 rings (SSSR count). The number of nitrogens with one attached hydrogen (secondary N) is 1. The number of fused-ring (bicyclic) bond motifs is 1. The van der Waals surface area contributed by atoms with Gasteiger partial charge < -0.3 is 0 Å². The number of hydrogen-bond acceptors (Lipinski definition) is 6. The highest BCUT2D eigenvalue weighted by atomic mass is 32.1. The molecule has 1 aromatic carbocycles. The number of nitrogens with zero attached hydrogens (tertiary/aromatic N) is 3. The summed E-state index contributed by atoms with van der Waals surface area (Å²) in [6.45, 7) is 3.37. The van der Waals surface area contributed by atoms with E-state index in [1.807, 2.05) is 6.92 Å². The topological polar surface area (TPSA) is 92.3 Å². The van der Waals surface area contributed by atoms with Gasteiger partial charge in [0.25, 0.3) is 11.7 Å². The molecule has 2 amide bonds. The summed E-state index contributed by atoms with van der Waals surface area (Å²) in [5.41, 5.74) is 1.68. The van der Waals surface area contributed by atoms with Crippen LogP contribution in [0.25, 0.3) is 0 Å². The standard InChI is InChI=1S/C14H12N4O3S/c1-7-3-4-10-9(5-7)12(20)13(21)18(10)6-11(19)15-14-17-16-8(2)22-14/h3-5H,6H2,1-2H3,(H,15,17,19). The van der Waals surface area contributed by atoms with Crippen LogP contribution >= 0.6 is 11.3 Å². The lowest BCUT2D eigenvalue weighted by Gasteiger charge is -2.15. The lowest BCUT2D eigenvalue weighted by atomic mass is 10.1. The zero-order valence-electron chi connectivity index (χ0n) is 11.9. The number of ketones is 1. The molecule has 2 aromatic rings. The summed E-state index contributed by atoms with van der Waals surface area (Å²) in [7, 11) is 0. The Morgan fingerprint density at radius 2 is 2.05 bits per heavy atom. The van der Waals surface area contributed by atoms with Gasteiger partial charge in [0.15, 0.2) is 0 Å². The van der Waals surface area contributed by atoms with Crippen LogP contribution in [0, 0.1) is 13.8 Å². The third kappa shape index (κ3) is 2.48. The molecule has 0 aliphatic carbocycles. The number of aromatic nitrogens is 2. The number of Topliss-reactive ketones (excluding diaryl/α,β-unsaturated/α-hetero) is 1. The summed E-state index contributed by atoms with van der Waals surface area (Å²) in [5, 5.41) is 11.2. The van der Waals surface area contributed by atoms with E-state index in [0.29, 0.717) is 16.4 Å². The number of amides is 2. The van der Waals surface area contributed by atoms with Crippen molar-refractivity contribution in [2.24, 2.45) is 0 Å². The zero-order chi connectivity index (χ0) is 15.9. The number of anilines is 2. The molecule has 0 fully saturated rings. The second-order valence-corrected chi connectivity index (χ2v) is 6.10. The van der Waals surface area contributed by atoms with E-state index in [9.17, 15) is 14.4 Å². The molecule has 1 aromatic heterocycles. The van der Waals surface area contributed by atoms with Crippen LogP contribution in [0.15, 0.2) is 18.2 Å². The second-order valence-electron chi connectivity index (χ2n) is 4.92. The van der Waals surface area contributed by atoms with Gasteiger partial charge in [-0.05, 0) is 26.0 Å². The second kappa shape index (κ2) is 5.30. The minimum atomic E-state index is -0.691. The van der Waals surface area contributed by atoms with Gasteiger partial charge in [-0.1, -0.05) is 23.0 Å². The summed E-state index contributed by atoms with van der Waals surface area (Å²) >= 11 is 1.24. The van der Waals surface area contributed by atoms with E-state index in [2.05, 4.69) is 15.5 Å². The first kappa shape index (κ1) is 14.3. The molecule has 0 spiro atoms. The van der Waals surface area contributed by atoms with Crippen LogP contribution in [0.5, 0.6) is 0 Å². The Labute approximate surface area is 130 Å². The van der Waals surface area contributed by atoms with E-state index in [-0.39, 0.29) is 6.54 Å². The van der Waals surface area contributed by atoms with Crippen molar-refractivity contribution >= 4 is 39.8 Å². The Kier molecular flexibility index (Phi) is 3.45. The molecule has 8 heteroatoms. The first-order valence-corrected chi connectivity index (χ1v) is 7.34. The van der Waals surface area contributed by atoms with Crippen LogP contribution in [0.3, 0.4) is 0 Å². The third-order valence-corrected chi connectivity index (χ3v) is 3.96. The van der Waals surface area contributed by atoms with Gasteiger partial charge in [-0.3, -0.25) is 24.6 Å². The van der Waals surface area contributed by atoms with Crippen molar-refractivity contribution in [1.82, 2.24) is 10.2 Å². The van der Waals surface area contributed by atoms with Gasteiger partial charge in [0.2, 0.25) is 11.0 Å². The maximum atomic E-state index is 12.0. The van der Waals surface area contributed by atoms with Crippen molar-refractivity contribution in [3.05, 3.63) is 34.3 Å². The normalized spacial score (nSPS) is 13.5. The van der Waals surface area contributed by atoms with Crippen LogP contribution in [-0.2, 0) is 9.59 Å². The fourth-order valence-electron chi connectivity index (χ4n) is 2.22. The SMILES string of the molecule is Cc1ccc2c(c1)C(=O)C(=O)N2CC(=O)Nc1nnc(C)s1. The van der Waals surface area contributed by atoms with Gasteiger partial charge in [0, 0.05) is 0 Å². The van der Waals surface area contributed by atoms with Crippen LogP contribution in [0.1, 0.15) is 20.9 Å². The molecule has 1 aliphatic heterocycles. The van der Waals surface area contributed by atoms with E-state index in [1.54, 1.807) is 25.1 Å². The van der Waals surface area contributed by atoms with E-state index in [1.165, 1.54) is 16.2 Å². The molecular formula is C14H12N4O3S. The Morgan fingerprint density at radius 3 is 2.73 bits per heavy atom. The molecule has 0 radical (unpaired) electrons. The number of aryl methyl sites for hydroxylation is 2. The van der Waals surface area contributed by atoms with Gasteiger partial charge in [-0.2, -0.15) is 0 Å². The number of benzene rings is 1. The average molecular weight is 316 g/mol. The minimum absolute atomic E-state index is 0.237. The predicted octanol–water partition coefficient (Wildman–Crippen LogP) is 1.32. The van der Waals surface area contributed by atoms with E-state index in [4.69, 9.17) is 0 Å². The van der Waals surface area contributed by atoms with Crippen molar-refractivity contribution in [2.45, 2.75) is 13.8 Å². The summed E-state index contributed by atoms with van der Waals surface area (Å²) in [6.07, 6.45) is 0. The van der Waals surface area contributed by atoms with Crippen LogP contribution in [-0.4, -0.2) is 34.3 Å². The van der Waals surface area contributed by atoms with Gasteiger partial charge in [-0.15, -0.1) is 10.2 Å². The Hall–Kier alpha value is -2.61. The van der Waals surface area contributed by atoms with Crippen LogP contribution in [0.2, 0.25) is 0 Å². The zero-order valence-corrected chi connectivity index (χ0v) is 12.7. The molecule has 112 valence electrons. The highest BCUT2D eigenvalue weighted by Gasteiger charge is 2.36. The fraction of sp³-hybridized carbons (Fsp3) is 0.214. The number of carbonyl (C=O) groups excluding carboxylic acids is 3. The highest BCUT2D eigenvalue weighted by Crippen LogP contribution is 2.29. The molecule has 7 nitrogen and oxygen atoms in total. The lowest BCUT2D eigenvalue weighted by Crippen LogP contribution is -2.37. The molecular weight excluding hydrogens is 304 g/mol. The Balaban J connectivity index is 1.79. The molecule has 0 saturated heterocycles. The predicted molar refractivity (Wildman–Crippen MR) is 81.1 cm³/mol. The maximum absolute atomic E-state index is 12.0. The molecule has 22 heavy (non-hydrogen) atoms. The molecule has 0 unspecified atom stereocenters. The van der Waals surface area contributed by atoms with Crippen molar-refractivity contribution < 1.29 is 14.4 Å². The largest absolute Gasteiger partial charge is 0.299 e. The Morgan fingerprint density at radius 1 is 1.27 bits per heavy atom. The van der Waals surface area contributed by atoms with E-state index >= 15 is 0 Å². The number of hydrogen-bond donors (Lipinski definition) is 1. The Bertz CT molecular complexity index is 799. The van der Waals surface area contributed by atoms with Gasteiger partial charge in [0.05, 0.1) is 11.3 Å². The smallest absolute Gasteiger partial charge is 0.299 e. The monoisotopic (exact) mass is 316 g/mol. The molecule has 0 saturated carbocycles. The van der Waals surface area contributed by atoms with Gasteiger partial charge in [0.1, 0.15) is 11.6 Å². The number of carbonyl (C=O) groups is 3. The average Bonchev–Trinajstić information content (AvgIpc) is 2.96. The van der Waals surface area contributed by atoms with E-state index < -0.39 is 17.6 Å². The summed E-state index contributed by atoms with van der Waals surface area (Å²) in [5.74, 6) is -1.70. The minimum Gasteiger partial charge on any atom is -0.299 e. The van der Waals surface area contributed by atoms with Crippen molar-refractivity contribution in [3.8, 4) is 0 Å². The summed E-state index contributed by atoms with van der Waals surface area (Å²) < 4.78 is 0. The third-order valence-electron chi connectivity index (χ3n) is 3.20. The maximum Gasteiger partial charge on any atom is 0.299 e. The van der Waals surface area contributed by atoms with Crippen molar-refractivity contribution in [2.75, 3.05) is 16.8 Å². The molecule has 0 atom stereocenters. The quantitative estimate of drug-likeness (QED) is 0.862. The van der Waals surface area contributed by atoms with Crippen LogP contribution in [0.4, 0.5) is 10.8 Å². The van der Waals surface area contributed by atoms with E-state index in [0.717, 1.165) is 10.6 Å². The van der Waals surface area contributed by atoms with Crippen molar-refractivity contribution in [1.29, 1.82) is 0 Å². The molecule has 0 bridgehead atoms. The van der Waals surface area contributed by atoms with Gasteiger partial charge >= 0.3 is 0 Å². The summed E-state index contributed by atoms with van der Waals surface area (Å²) in [6, 6.07) is 5.13. The summed E-state index contributed by atoms with van der Waals surface area (Å²) in [4.78, 5) is 37.2. The highest BCUT2D eigenvalue weighted by molar-refractivity contribution is 7.15. The van der Waals surface area contributed by atoms with Gasteiger partial charge in [-0.25, -0.2) is 0 Å². The molecule has 1 aliphatic rings. The van der Waals surface area contributed by atoms with Crippen molar-refractivity contribution in [3.63, 3.8) is 0 Å².